The van der Waals surface area contributed by atoms with Gasteiger partial charge in [-0.3, -0.25) is 14.9 Å². The van der Waals surface area contributed by atoms with Gasteiger partial charge in [0.05, 0.1) is 17.8 Å². The minimum atomic E-state index is -3.23. The average molecular weight is 390 g/mol. The molecule has 28 heavy (non-hydrogen) atoms. The number of halogens is 4. The van der Waals surface area contributed by atoms with Crippen LogP contribution >= 0.6 is 0 Å². The summed E-state index contributed by atoms with van der Waals surface area (Å²) in [6.45, 7) is -1.12. The van der Waals surface area contributed by atoms with Crippen LogP contribution < -0.4 is 10.8 Å². The first-order valence-corrected chi connectivity index (χ1v) is 8.17. The minimum absolute atomic E-state index is 0.207. The lowest BCUT2D eigenvalue weighted by atomic mass is 9.80. The Kier molecular flexibility index (Phi) is 3.95. The Hall–Kier alpha value is -2.98. The molecule has 1 N–H and O–H groups in total. The molecule has 0 bridgehead atoms. The lowest BCUT2D eigenvalue weighted by Gasteiger charge is -2.35. The Labute approximate surface area is 157 Å². The summed E-state index contributed by atoms with van der Waals surface area (Å²) in [5, 5.41) is 2.25. The normalized spacial score (nSPS) is 22.1. The van der Waals surface area contributed by atoms with E-state index in [0.29, 0.717) is 0 Å². The number of amides is 2. The third kappa shape index (κ3) is 2.72. The van der Waals surface area contributed by atoms with E-state index in [1.165, 1.54) is 6.07 Å². The molecule has 1 atom stereocenters. The molecule has 1 aliphatic heterocycles. The maximum atomic E-state index is 14.5. The highest BCUT2D eigenvalue weighted by atomic mass is 19.3. The van der Waals surface area contributed by atoms with Crippen molar-refractivity contribution in [2.45, 2.75) is 17.8 Å². The molecule has 1 aromatic heterocycles. The summed E-state index contributed by atoms with van der Waals surface area (Å²) in [4.78, 5) is 32.8. The fourth-order valence-electron chi connectivity index (χ4n) is 3.51. The zero-order chi connectivity index (χ0) is 20.3. The van der Waals surface area contributed by atoms with Gasteiger partial charge < -0.3 is 4.90 Å². The highest BCUT2D eigenvalue weighted by Gasteiger charge is 2.75. The molecule has 2 aliphatic rings. The monoisotopic (exact) mass is 390 g/mol. The van der Waals surface area contributed by atoms with Gasteiger partial charge >= 0.3 is 0 Å². The lowest BCUT2D eigenvalue weighted by molar-refractivity contribution is -0.117. The Morgan fingerprint density at radius 2 is 1.89 bits per heavy atom. The number of carbonyl (C=O) groups excluding carboxylic acids is 2. The quantitative estimate of drug-likeness (QED) is 0.625. The van der Waals surface area contributed by atoms with Gasteiger partial charge in [0.25, 0.3) is 11.8 Å². The Balaban J connectivity index is 1.61. The molecule has 1 fully saturated rings. The first-order chi connectivity index (χ1) is 13.1. The van der Waals surface area contributed by atoms with Crippen LogP contribution in [0, 0.1) is 11.6 Å². The molecule has 1 aliphatic carbocycles. The number of alkyl halides is 2. The van der Waals surface area contributed by atoms with Gasteiger partial charge in [0, 0.05) is 24.1 Å². The fraction of sp³-hybridized carbons (Fsp3) is 0.294. The van der Waals surface area contributed by atoms with Crippen molar-refractivity contribution < 1.29 is 27.2 Å². The average Bonchev–Trinajstić information content (AvgIpc) is 3.17. The SMILES string of the molecule is [B]c1ccc2c(c1F)[C@]1(CN(CC(=O)Nc3ncc(F)cn3)C2=O)CC1(F)F. The smallest absolute Gasteiger partial charge is 0.260 e. The number of nitrogens with one attached hydrogen (secondary N) is 1. The van der Waals surface area contributed by atoms with Crippen molar-refractivity contribution in [2.24, 2.45) is 0 Å². The van der Waals surface area contributed by atoms with E-state index in [1.807, 2.05) is 0 Å². The summed E-state index contributed by atoms with van der Waals surface area (Å²) in [6.07, 6.45) is 1.01. The Bertz CT molecular complexity index is 1000. The van der Waals surface area contributed by atoms with Crippen LogP contribution in [0.3, 0.4) is 0 Å². The van der Waals surface area contributed by atoms with Crippen molar-refractivity contribution in [2.75, 3.05) is 18.4 Å². The van der Waals surface area contributed by atoms with Crippen molar-refractivity contribution in [3.05, 3.63) is 47.3 Å². The van der Waals surface area contributed by atoms with Crippen molar-refractivity contribution in [1.29, 1.82) is 0 Å². The molecule has 2 aromatic rings. The number of benzene rings is 1. The van der Waals surface area contributed by atoms with Crippen LogP contribution in [-0.2, 0) is 10.2 Å². The van der Waals surface area contributed by atoms with E-state index in [1.54, 1.807) is 0 Å². The number of rotatable bonds is 3. The molecule has 0 unspecified atom stereocenters. The lowest BCUT2D eigenvalue weighted by Crippen LogP contribution is -2.49. The first kappa shape index (κ1) is 18.4. The topological polar surface area (TPSA) is 75.2 Å². The molecule has 142 valence electrons. The summed E-state index contributed by atoms with van der Waals surface area (Å²) in [5.41, 5.74) is -2.89. The molecule has 11 heteroatoms. The van der Waals surface area contributed by atoms with E-state index >= 15 is 0 Å². The van der Waals surface area contributed by atoms with Crippen molar-refractivity contribution in [3.8, 4) is 0 Å². The molecule has 2 radical (unpaired) electrons. The van der Waals surface area contributed by atoms with Crippen LogP contribution in [0.2, 0.25) is 0 Å². The van der Waals surface area contributed by atoms with E-state index in [2.05, 4.69) is 15.3 Å². The van der Waals surface area contributed by atoms with E-state index in [9.17, 15) is 27.2 Å². The predicted octanol–water partition coefficient (Wildman–Crippen LogP) is 0.920. The summed E-state index contributed by atoms with van der Waals surface area (Å²) in [7, 11) is 5.49. The first-order valence-electron chi connectivity index (χ1n) is 8.17. The summed E-state index contributed by atoms with van der Waals surface area (Å²) < 4.78 is 55.7. The third-order valence-electron chi connectivity index (χ3n) is 4.93. The maximum Gasteiger partial charge on any atom is 0.260 e. The van der Waals surface area contributed by atoms with Gasteiger partial charge in [-0.2, -0.15) is 0 Å². The Morgan fingerprint density at radius 3 is 2.50 bits per heavy atom. The van der Waals surface area contributed by atoms with E-state index in [0.717, 1.165) is 23.4 Å². The molecule has 2 amide bonds. The highest BCUT2D eigenvalue weighted by molar-refractivity contribution is 6.32. The van der Waals surface area contributed by atoms with Crippen LogP contribution in [-0.4, -0.2) is 53.5 Å². The molecule has 1 spiro atoms. The molecular formula is C17H11BF4N4O2. The van der Waals surface area contributed by atoms with Gasteiger partial charge in [0.1, 0.15) is 20.2 Å². The highest BCUT2D eigenvalue weighted by Crippen LogP contribution is 2.64. The fourth-order valence-corrected chi connectivity index (χ4v) is 3.51. The number of carbonyl (C=O) groups is 2. The second-order valence-corrected chi connectivity index (χ2v) is 6.79. The number of nitrogens with zero attached hydrogens (tertiary/aromatic N) is 3. The largest absolute Gasteiger partial charge is 0.328 e. The van der Waals surface area contributed by atoms with Crippen LogP contribution in [0.4, 0.5) is 23.5 Å². The van der Waals surface area contributed by atoms with Crippen molar-refractivity contribution in [1.82, 2.24) is 14.9 Å². The Morgan fingerprint density at radius 1 is 1.25 bits per heavy atom. The van der Waals surface area contributed by atoms with Crippen LogP contribution in [0.5, 0.6) is 0 Å². The summed E-state index contributed by atoms with van der Waals surface area (Å²) in [6, 6.07) is 2.30. The molecule has 6 nitrogen and oxygen atoms in total. The third-order valence-corrected chi connectivity index (χ3v) is 4.93. The van der Waals surface area contributed by atoms with Crippen LogP contribution in [0.15, 0.2) is 24.5 Å². The number of hydrogen-bond donors (Lipinski definition) is 1. The van der Waals surface area contributed by atoms with Crippen LogP contribution in [0.1, 0.15) is 22.3 Å². The molecule has 2 heterocycles. The van der Waals surface area contributed by atoms with E-state index < -0.39 is 59.9 Å². The van der Waals surface area contributed by atoms with Gasteiger partial charge in [-0.25, -0.2) is 27.5 Å². The van der Waals surface area contributed by atoms with E-state index in [-0.39, 0.29) is 17.0 Å². The molecule has 4 rings (SSSR count). The number of hydrogen-bond acceptors (Lipinski definition) is 4. The van der Waals surface area contributed by atoms with Gasteiger partial charge in [-0.15, -0.1) is 0 Å². The number of fused-ring (bicyclic) bond motifs is 2. The van der Waals surface area contributed by atoms with Gasteiger partial charge in [-0.1, -0.05) is 11.5 Å². The molecule has 1 aromatic carbocycles. The minimum Gasteiger partial charge on any atom is -0.328 e. The number of aromatic nitrogens is 2. The molecular weight excluding hydrogens is 379 g/mol. The maximum absolute atomic E-state index is 14.5. The second kappa shape index (κ2) is 6.01. The molecule has 1 saturated carbocycles. The van der Waals surface area contributed by atoms with Gasteiger partial charge in [-0.05, 0) is 6.07 Å². The van der Waals surface area contributed by atoms with Crippen LogP contribution in [0.25, 0.3) is 0 Å². The van der Waals surface area contributed by atoms with Crippen molar-refractivity contribution in [3.63, 3.8) is 0 Å². The van der Waals surface area contributed by atoms with Crippen molar-refractivity contribution >= 4 is 31.1 Å². The standard InChI is InChI=1S/C17H11BF4N4O2/c18-10-2-1-9-12(13(10)20)16(6-17(16,21)22)7-26(14(9)28)5-11(27)25-15-23-3-8(19)4-24-15/h1-4H,5-7H2,(H,23,24,25,27)/t16-/m1/s1. The number of anilines is 1. The zero-order valence-corrected chi connectivity index (χ0v) is 14.2. The summed E-state index contributed by atoms with van der Waals surface area (Å²) in [5.74, 6) is -6.71. The molecule has 0 saturated heterocycles. The predicted molar refractivity (Wildman–Crippen MR) is 89.6 cm³/mol. The van der Waals surface area contributed by atoms with E-state index in [4.69, 9.17) is 7.85 Å². The summed E-state index contributed by atoms with van der Waals surface area (Å²) >= 11 is 0. The van der Waals surface area contributed by atoms with Gasteiger partial charge in [0.15, 0.2) is 5.82 Å². The van der Waals surface area contributed by atoms with Gasteiger partial charge in [0.2, 0.25) is 11.9 Å². The zero-order valence-electron chi connectivity index (χ0n) is 14.2. The second-order valence-electron chi connectivity index (χ2n) is 6.79.